The van der Waals surface area contributed by atoms with Crippen LogP contribution in [0, 0.1) is 11.8 Å². The summed E-state index contributed by atoms with van der Waals surface area (Å²) in [7, 11) is 0. The molecule has 1 atom stereocenters. The Bertz CT molecular complexity index is 1160. The van der Waals surface area contributed by atoms with E-state index in [1.807, 2.05) is 18.2 Å². The molecule has 1 aromatic carbocycles. The van der Waals surface area contributed by atoms with E-state index in [9.17, 15) is 9.59 Å². The molecule has 7 nitrogen and oxygen atoms in total. The molecule has 0 bridgehead atoms. The first-order valence-electron chi connectivity index (χ1n) is 8.71. The molecule has 136 valence electrons. The van der Waals surface area contributed by atoms with Gasteiger partial charge in [-0.15, -0.1) is 0 Å². The zero-order valence-electron chi connectivity index (χ0n) is 14.5. The van der Waals surface area contributed by atoms with Crippen molar-refractivity contribution in [3.63, 3.8) is 0 Å². The highest BCUT2D eigenvalue weighted by molar-refractivity contribution is 6.01. The minimum atomic E-state index is -0.182. The lowest BCUT2D eigenvalue weighted by Crippen LogP contribution is -2.31. The van der Waals surface area contributed by atoms with E-state index in [1.54, 1.807) is 12.4 Å². The van der Waals surface area contributed by atoms with Crippen LogP contribution in [0.25, 0.3) is 21.5 Å². The lowest BCUT2D eigenvalue weighted by molar-refractivity contribution is -0.119. The van der Waals surface area contributed by atoms with Gasteiger partial charge in [0.25, 0.3) is 5.56 Å². The molecule has 3 heterocycles. The molecule has 0 spiro atoms. The van der Waals surface area contributed by atoms with Crippen LogP contribution in [-0.4, -0.2) is 35.1 Å². The maximum absolute atomic E-state index is 12.2. The van der Waals surface area contributed by atoms with Gasteiger partial charge in [0.1, 0.15) is 6.61 Å². The highest BCUT2D eigenvalue weighted by Crippen LogP contribution is 2.28. The molecule has 0 aliphatic carbocycles. The number of carbonyl (C=O) groups excluding carboxylic acids is 1. The minimum absolute atomic E-state index is 0.0103. The van der Waals surface area contributed by atoms with Crippen LogP contribution < -0.4 is 21.3 Å². The number of benzene rings is 1. The summed E-state index contributed by atoms with van der Waals surface area (Å²) < 4.78 is 5.88. The SMILES string of the molecule is NCC#Cc1c[nH]c(=O)c2cc3ccnc(OC[C@@H]4CCC(=O)N4)c3cc12. The van der Waals surface area contributed by atoms with Gasteiger partial charge in [0.15, 0.2) is 0 Å². The second-order valence-corrected chi connectivity index (χ2v) is 6.39. The number of ether oxygens (including phenoxy) is 1. The number of aromatic nitrogens is 2. The second kappa shape index (κ2) is 7.09. The van der Waals surface area contributed by atoms with Gasteiger partial charge in [0, 0.05) is 40.5 Å². The smallest absolute Gasteiger partial charge is 0.255 e. The van der Waals surface area contributed by atoms with E-state index < -0.39 is 0 Å². The first kappa shape index (κ1) is 17.1. The fraction of sp³-hybridized carbons (Fsp3) is 0.250. The predicted octanol–water partition coefficient (Wildman–Crippen LogP) is 1.04. The number of carbonyl (C=O) groups is 1. The number of hydrogen-bond acceptors (Lipinski definition) is 5. The molecule has 1 aliphatic heterocycles. The van der Waals surface area contributed by atoms with E-state index >= 15 is 0 Å². The summed E-state index contributed by atoms with van der Waals surface area (Å²) in [4.78, 5) is 30.6. The van der Waals surface area contributed by atoms with Crippen LogP contribution in [0.5, 0.6) is 5.88 Å². The number of pyridine rings is 2. The van der Waals surface area contributed by atoms with Gasteiger partial charge in [0.2, 0.25) is 11.8 Å². The lowest BCUT2D eigenvalue weighted by Gasteiger charge is -2.13. The average molecular weight is 362 g/mol. The van der Waals surface area contributed by atoms with Crippen LogP contribution in [0.2, 0.25) is 0 Å². The van der Waals surface area contributed by atoms with E-state index in [-0.39, 0.29) is 24.1 Å². The summed E-state index contributed by atoms with van der Waals surface area (Å²) >= 11 is 0. The van der Waals surface area contributed by atoms with Gasteiger partial charge in [-0.1, -0.05) is 11.8 Å². The average Bonchev–Trinajstić information content (AvgIpc) is 3.10. The van der Waals surface area contributed by atoms with Crippen LogP contribution in [0.1, 0.15) is 18.4 Å². The zero-order chi connectivity index (χ0) is 18.8. The Labute approximate surface area is 154 Å². The molecule has 4 N–H and O–H groups in total. The zero-order valence-corrected chi connectivity index (χ0v) is 14.5. The first-order chi connectivity index (χ1) is 13.2. The van der Waals surface area contributed by atoms with Crippen LogP contribution in [-0.2, 0) is 4.79 Å². The van der Waals surface area contributed by atoms with Crippen molar-refractivity contribution in [2.45, 2.75) is 18.9 Å². The number of hydrogen-bond donors (Lipinski definition) is 3. The number of H-pyrrole nitrogens is 1. The number of rotatable bonds is 3. The largest absolute Gasteiger partial charge is 0.475 e. The van der Waals surface area contributed by atoms with Crippen molar-refractivity contribution in [3.05, 3.63) is 46.5 Å². The van der Waals surface area contributed by atoms with Gasteiger partial charge in [-0.05, 0) is 30.0 Å². The van der Waals surface area contributed by atoms with E-state index in [4.69, 9.17) is 10.5 Å². The Hall–Kier alpha value is -3.37. The third kappa shape index (κ3) is 3.35. The van der Waals surface area contributed by atoms with Crippen LogP contribution >= 0.6 is 0 Å². The third-order valence-electron chi connectivity index (χ3n) is 4.58. The second-order valence-electron chi connectivity index (χ2n) is 6.39. The molecular weight excluding hydrogens is 344 g/mol. The Balaban J connectivity index is 1.79. The van der Waals surface area contributed by atoms with E-state index in [0.29, 0.717) is 29.9 Å². The highest BCUT2D eigenvalue weighted by Gasteiger charge is 2.21. The van der Waals surface area contributed by atoms with Crippen molar-refractivity contribution in [2.24, 2.45) is 5.73 Å². The number of nitrogens with two attached hydrogens (primary N) is 1. The first-order valence-corrected chi connectivity index (χ1v) is 8.71. The number of nitrogens with zero attached hydrogens (tertiary/aromatic N) is 1. The quantitative estimate of drug-likeness (QED) is 0.476. The maximum Gasteiger partial charge on any atom is 0.255 e. The third-order valence-corrected chi connectivity index (χ3v) is 4.58. The molecule has 1 amide bonds. The molecule has 3 aromatic rings. The summed E-state index contributed by atoms with van der Waals surface area (Å²) in [5, 5.41) is 5.78. The molecule has 1 fully saturated rings. The van der Waals surface area contributed by atoms with Crippen molar-refractivity contribution in [1.82, 2.24) is 15.3 Å². The normalized spacial score (nSPS) is 16.2. The number of amides is 1. The summed E-state index contributed by atoms with van der Waals surface area (Å²) in [6.45, 7) is 0.586. The number of nitrogens with one attached hydrogen (secondary N) is 2. The summed E-state index contributed by atoms with van der Waals surface area (Å²) in [5.74, 6) is 6.31. The minimum Gasteiger partial charge on any atom is -0.475 e. The molecule has 0 saturated carbocycles. The molecular formula is C20H18N4O3. The molecule has 1 aliphatic rings. The van der Waals surface area contributed by atoms with Gasteiger partial charge in [-0.2, -0.15) is 0 Å². The Kier molecular flexibility index (Phi) is 4.48. The molecule has 27 heavy (non-hydrogen) atoms. The van der Waals surface area contributed by atoms with Gasteiger partial charge in [-0.3, -0.25) is 9.59 Å². The lowest BCUT2D eigenvalue weighted by atomic mass is 10.0. The number of fused-ring (bicyclic) bond motifs is 2. The number of aromatic amines is 1. The molecule has 1 saturated heterocycles. The Morgan fingerprint density at radius 2 is 2.15 bits per heavy atom. The molecule has 0 unspecified atom stereocenters. The predicted molar refractivity (Wildman–Crippen MR) is 102 cm³/mol. The monoisotopic (exact) mass is 362 g/mol. The van der Waals surface area contributed by atoms with Crippen molar-refractivity contribution in [3.8, 4) is 17.7 Å². The maximum atomic E-state index is 12.2. The van der Waals surface area contributed by atoms with E-state index in [2.05, 4.69) is 27.1 Å². The highest BCUT2D eigenvalue weighted by atomic mass is 16.5. The molecule has 7 heteroatoms. The van der Waals surface area contributed by atoms with Crippen LogP contribution in [0.3, 0.4) is 0 Å². The van der Waals surface area contributed by atoms with Gasteiger partial charge in [0.05, 0.1) is 12.6 Å². The standard InChI is InChI=1S/C20H18N4O3/c21-6-1-2-13-10-23-19(26)17-8-12-5-7-22-20(16(12)9-15(13)17)27-11-14-3-4-18(25)24-14/h5,7-10,14H,3-4,6,11,21H2,(H,23,26)(H,24,25)/t14-/m0/s1. The van der Waals surface area contributed by atoms with Crippen molar-refractivity contribution < 1.29 is 9.53 Å². The van der Waals surface area contributed by atoms with Gasteiger partial charge >= 0.3 is 0 Å². The topological polar surface area (TPSA) is 110 Å². The van der Waals surface area contributed by atoms with Crippen molar-refractivity contribution in [1.29, 1.82) is 0 Å². The van der Waals surface area contributed by atoms with Gasteiger partial charge in [-0.25, -0.2) is 4.98 Å². The van der Waals surface area contributed by atoms with Crippen LogP contribution in [0.4, 0.5) is 0 Å². The Morgan fingerprint density at radius 1 is 1.26 bits per heavy atom. The van der Waals surface area contributed by atoms with Crippen molar-refractivity contribution >= 4 is 27.5 Å². The van der Waals surface area contributed by atoms with E-state index in [1.165, 1.54) is 0 Å². The van der Waals surface area contributed by atoms with Crippen LogP contribution in [0.15, 0.2) is 35.4 Å². The summed E-state index contributed by atoms with van der Waals surface area (Å²) in [5.41, 5.74) is 5.98. The molecule has 2 aromatic heterocycles. The van der Waals surface area contributed by atoms with E-state index in [0.717, 1.165) is 22.6 Å². The fourth-order valence-electron chi connectivity index (χ4n) is 3.24. The summed E-state index contributed by atoms with van der Waals surface area (Å²) in [6.07, 6.45) is 4.50. The van der Waals surface area contributed by atoms with Gasteiger partial charge < -0.3 is 20.8 Å². The fourth-order valence-corrected chi connectivity index (χ4v) is 3.24. The molecule has 4 rings (SSSR count). The summed E-state index contributed by atoms with van der Waals surface area (Å²) in [6, 6.07) is 5.50. The van der Waals surface area contributed by atoms with Crippen molar-refractivity contribution in [2.75, 3.05) is 13.2 Å². The molecule has 0 radical (unpaired) electrons. The Morgan fingerprint density at radius 3 is 2.93 bits per heavy atom.